The van der Waals surface area contributed by atoms with Crippen molar-refractivity contribution in [3.8, 4) is 34.5 Å². The van der Waals surface area contributed by atoms with E-state index < -0.39 is 26.4 Å². The summed E-state index contributed by atoms with van der Waals surface area (Å²) < 4.78 is 39.2. The fourth-order valence-electron chi connectivity index (χ4n) is 4.66. The fourth-order valence-corrected chi connectivity index (χ4v) is 5.40. The number of rotatable bonds is 11. The zero-order valence-corrected chi connectivity index (χ0v) is 24.5. The average Bonchev–Trinajstić information content (AvgIpc) is 3.27. The second-order valence-electron chi connectivity index (χ2n) is 9.71. The molecule has 0 bridgehead atoms. The molecule has 11 heteroatoms. The number of likely N-dealkylation sites (tertiary alicyclic amines) is 1. The Balaban J connectivity index is 2.31. The predicted octanol–water partition coefficient (Wildman–Crippen LogP) is 4.20. The average molecular weight is 548 g/mol. The Morgan fingerprint density at radius 3 is 1.47 bits per heavy atom. The van der Waals surface area contributed by atoms with Crippen molar-refractivity contribution in [1.82, 2.24) is 4.90 Å². The zero-order chi connectivity index (χ0) is 28.2. The summed E-state index contributed by atoms with van der Waals surface area (Å²) in [5.41, 5.74) is 1.27. The first kappa shape index (κ1) is 29.0. The molecule has 3 rings (SSSR count). The van der Waals surface area contributed by atoms with E-state index >= 15 is 0 Å². The first-order chi connectivity index (χ1) is 18.0. The Bertz CT molecular complexity index is 1060. The molecule has 0 radical (unpaired) electrons. The minimum absolute atomic E-state index is 0.185. The molecule has 2 aromatic rings. The van der Waals surface area contributed by atoms with Gasteiger partial charge in [0.05, 0.1) is 48.7 Å². The normalized spacial score (nSPS) is 15.4. The van der Waals surface area contributed by atoms with Crippen molar-refractivity contribution in [3.63, 3.8) is 0 Å². The van der Waals surface area contributed by atoms with Gasteiger partial charge in [-0.3, -0.25) is 9.59 Å². The van der Waals surface area contributed by atoms with Crippen molar-refractivity contribution in [2.45, 2.75) is 44.6 Å². The smallest absolute Gasteiger partial charge is 0.315 e. The Morgan fingerprint density at radius 1 is 0.763 bits per heavy atom. The molecule has 1 amide bonds. The first-order valence-electron chi connectivity index (χ1n) is 12.2. The van der Waals surface area contributed by atoms with Crippen LogP contribution in [0.15, 0.2) is 24.3 Å². The molecule has 0 N–H and O–H groups in total. The SMILES string of the molecule is COc1cc(C(c2cc(OC)c(OC)c(OC)c2)N2C(=O)CCC2C(=O)O[Si](C)(C)C)cc(OC)c1OC. The number of methoxy groups -OCH3 is 6. The minimum Gasteiger partial charge on any atom is -0.518 e. The van der Waals surface area contributed by atoms with Crippen molar-refractivity contribution in [1.29, 1.82) is 0 Å². The molecular weight excluding hydrogens is 510 g/mol. The van der Waals surface area contributed by atoms with Gasteiger partial charge in [0.2, 0.25) is 25.7 Å². The van der Waals surface area contributed by atoms with Gasteiger partial charge in [0, 0.05) is 6.42 Å². The summed E-state index contributed by atoms with van der Waals surface area (Å²) in [4.78, 5) is 28.4. The first-order valence-corrected chi connectivity index (χ1v) is 15.6. The van der Waals surface area contributed by atoms with E-state index in [-0.39, 0.29) is 12.3 Å². The number of amides is 1. The van der Waals surface area contributed by atoms with Gasteiger partial charge < -0.3 is 37.7 Å². The van der Waals surface area contributed by atoms with Crippen LogP contribution in [0.3, 0.4) is 0 Å². The quantitative estimate of drug-likeness (QED) is 0.383. The highest BCUT2D eigenvalue weighted by molar-refractivity contribution is 6.71. The van der Waals surface area contributed by atoms with Gasteiger partial charge in [-0.1, -0.05) is 0 Å². The van der Waals surface area contributed by atoms with Gasteiger partial charge in [-0.05, 0) is 61.5 Å². The molecule has 208 valence electrons. The number of ether oxygens (including phenoxy) is 6. The van der Waals surface area contributed by atoms with Crippen LogP contribution in [0.2, 0.25) is 19.6 Å². The number of hydrogen-bond donors (Lipinski definition) is 0. The molecular formula is C27H37NO9Si. The molecule has 1 unspecified atom stereocenters. The third-order valence-electron chi connectivity index (χ3n) is 6.22. The molecule has 0 spiro atoms. The van der Waals surface area contributed by atoms with E-state index in [4.69, 9.17) is 32.8 Å². The molecule has 1 saturated heterocycles. The van der Waals surface area contributed by atoms with Crippen LogP contribution < -0.4 is 28.4 Å². The number of hydrogen-bond acceptors (Lipinski definition) is 9. The molecule has 1 aliphatic rings. The predicted molar refractivity (Wildman–Crippen MR) is 143 cm³/mol. The lowest BCUT2D eigenvalue weighted by molar-refractivity contribution is -0.145. The van der Waals surface area contributed by atoms with E-state index in [0.717, 1.165) is 0 Å². The summed E-state index contributed by atoms with van der Waals surface area (Å²) in [7, 11) is 6.89. The van der Waals surface area contributed by atoms with Crippen LogP contribution in [0.5, 0.6) is 34.5 Å². The summed E-state index contributed by atoms with van der Waals surface area (Å²) in [6.07, 6.45) is 0.546. The van der Waals surface area contributed by atoms with Crippen LogP contribution >= 0.6 is 0 Å². The van der Waals surface area contributed by atoms with E-state index in [2.05, 4.69) is 0 Å². The van der Waals surface area contributed by atoms with Crippen LogP contribution in [0.25, 0.3) is 0 Å². The summed E-state index contributed by atoms with van der Waals surface area (Å²) in [5, 5.41) is 0. The highest BCUT2D eigenvalue weighted by Gasteiger charge is 2.44. The number of benzene rings is 2. The van der Waals surface area contributed by atoms with Crippen molar-refractivity contribution in [2.24, 2.45) is 0 Å². The van der Waals surface area contributed by atoms with E-state index in [1.54, 1.807) is 29.2 Å². The van der Waals surface area contributed by atoms with Crippen LogP contribution in [0.4, 0.5) is 0 Å². The maximum atomic E-state index is 13.5. The number of carbonyl (C=O) groups excluding carboxylic acids is 2. The second-order valence-corrected chi connectivity index (χ2v) is 14.1. The maximum Gasteiger partial charge on any atom is 0.315 e. The molecule has 2 aromatic carbocycles. The van der Waals surface area contributed by atoms with E-state index in [0.29, 0.717) is 52.0 Å². The van der Waals surface area contributed by atoms with Crippen molar-refractivity contribution < 1.29 is 42.4 Å². The van der Waals surface area contributed by atoms with Gasteiger partial charge in [0.25, 0.3) is 0 Å². The summed E-state index contributed by atoms with van der Waals surface area (Å²) in [6.45, 7) is 5.80. The number of nitrogens with zero attached hydrogens (tertiary/aromatic N) is 1. The maximum absolute atomic E-state index is 13.5. The zero-order valence-electron chi connectivity index (χ0n) is 23.5. The highest BCUT2D eigenvalue weighted by atomic mass is 28.4. The van der Waals surface area contributed by atoms with Gasteiger partial charge in [0.15, 0.2) is 23.0 Å². The molecule has 0 aromatic heterocycles. The van der Waals surface area contributed by atoms with Crippen molar-refractivity contribution in [2.75, 3.05) is 42.7 Å². The third kappa shape index (κ3) is 5.77. The molecule has 0 saturated carbocycles. The van der Waals surface area contributed by atoms with Gasteiger partial charge >= 0.3 is 5.97 Å². The molecule has 1 aliphatic heterocycles. The molecule has 0 aliphatic carbocycles. The standard InChI is InChI=1S/C27H37NO9Si/c1-31-19-12-16(13-20(32-2)25(19)35-5)24(17-14-21(33-3)26(36-6)22(15-17)34-4)28-18(10-11-23(28)29)27(30)37-38(7,8)9/h12-15,18,24H,10-11H2,1-9H3. The third-order valence-corrected chi connectivity index (χ3v) is 7.03. The topological polar surface area (TPSA) is 102 Å². The van der Waals surface area contributed by atoms with Gasteiger partial charge in [0.1, 0.15) is 6.04 Å². The lowest BCUT2D eigenvalue weighted by Crippen LogP contribution is -2.45. The Hall–Kier alpha value is -3.60. The second kappa shape index (κ2) is 11.8. The van der Waals surface area contributed by atoms with Crippen molar-refractivity contribution in [3.05, 3.63) is 35.4 Å². The lowest BCUT2D eigenvalue weighted by Gasteiger charge is -2.35. The largest absolute Gasteiger partial charge is 0.518 e. The summed E-state index contributed by atoms with van der Waals surface area (Å²) in [5.74, 6) is 1.85. The molecule has 1 fully saturated rings. The lowest BCUT2D eigenvalue weighted by atomic mass is 9.94. The highest BCUT2D eigenvalue weighted by Crippen LogP contribution is 2.47. The molecule has 1 heterocycles. The van der Waals surface area contributed by atoms with Crippen LogP contribution in [-0.2, 0) is 14.0 Å². The Morgan fingerprint density at radius 2 is 1.16 bits per heavy atom. The summed E-state index contributed by atoms with van der Waals surface area (Å²) >= 11 is 0. The fraction of sp³-hybridized carbons (Fsp3) is 0.481. The van der Waals surface area contributed by atoms with E-state index in [9.17, 15) is 9.59 Å². The van der Waals surface area contributed by atoms with E-state index in [1.165, 1.54) is 42.7 Å². The van der Waals surface area contributed by atoms with Crippen LogP contribution in [-0.4, -0.2) is 73.8 Å². The molecule has 38 heavy (non-hydrogen) atoms. The van der Waals surface area contributed by atoms with Crippen LogP contribution in [0.1, 0.15) is 30.0 Å². The minimum atomic E-state index is -2.22. The molecule has 1 atom stereocenters. The Labute approximate surface area is 224 Å². The number of carbonyl (C=O) groups is 2. The van der Waals surface area contributed by atoms with Crippen molar-refractivity contribution >= 4 is 20.2 Å². The van der Waals surface area contributed by atoms with Crippen LogP contribution in [0, 0.1) is 0 Å². The monoisotopic (exact) mass is 547 g/mol. The van der Waals surface area contributed by atoms with E-state index in [1.807, 2.05) is 19.6 Å². The van der Waals surface area contributed by atoms with Gasteiger partial charge in [-0.25, -0.2) is 0 Å². The molecule has 10 nitrogen and oxygen atoms in total. The van der Waals surface area contributed by atoms with Gasteiger partial charge in [-0.15, -0.1) is 0 Å². The van der Waals surface area contributed by atoms with Gasteiger partial charge in [-0.2, -0.15) is 0 Å². The Kier molecular flexibility index (Phi) is 9.03. The summed E-state index contributed by atoms with van der Waals surface area (Å²) in [6, 6.07) is 5.54.